The van der Waals surface area contributed by atoms with Crippen LogP contribution < -0.4 is 4.90 Å². The lowest BCUT2D eigenvalue weighted by atomic mass is 10.2. The summed E-state index contributed by atoms with van der Waals surface area (Å²) in [5.74, 6) is 1.89. The summed E-state index contributed by atoms with van der Waals surface area (Å²) in [7, 11) is 0. The lowest BCUT2D eigenvalue weighted by molar-refractivity contribution is 0.140. The molecule has 0 unspecified atom stereocenters. The van der Waals surface area contributed by atoms with E-state index in [4.69, 9.17) is 26.3 Å². The molecule has 2 atom stereocenters. The summed E-state index contributed by atoms with van der Waals surface area (Å²) in [6, 6.07) is 9.28. The fourth-order valence-electron chi connectivity index (χ4n) is 4.20. The number of nitrogens with zero attached hydrogens (tertiary/aromatic N) is 4. The van der Waals surface area contributed by atoms with Crippen LogP contribution in [0.5, 0.6) is 0 Å². The van der Waals surface area contributed by atoms with Gasteiger partial charge in [-0.3, -0.25) is 0 Å². The number of ether oxygens (including phenoxy) is 1. The molecule has 0 bridgehead atoms. The van der Waals surface area contributed by atoms with E-state index >= 15 is 0 Å². The molecule has 0 aliphatic carbocycles. The summed E-state index contributed by atoms with van der Waals surface area (Å²) in [4.78, 5) is 12.1. The minimum atomic E-state index is 0.523. The first-order valence-electron chi connectivity index (χ1n) is 10.2. The molecule has 154 valence electrons. The molecule has 1 saturated heterocycles. The number of anilines is 1. The summed E-state index contributed by atoms with van der Waals surface area (Å²) in [5.41, 5.74) is 2.77. The van der Waals surface area contributed by atoms with Gasteiger partial charge in [0.05, 0.1) is 17.1 Å². The van der Waals surface area contributed by atoms with E-state index in [1.807, 2.05) is 25.3 Å². The van der Waals surface area contributed by atoms with Crippen LogP contribution in [0, 0.1) is 0 Å². The molecule has 0 spiro atoms. The van der Waals surface area contributed by atoms with Gasteiger partial charge in [0.15, 0.2) is 0 Å². The van der Waals surface area contributed by atoms with Crippen LogP contribution in [0.25, 0.3) is 22.4 Å². The maximum atomic E-state index is 6.53. The first-order valence-corrected chi connectivity index (χ1v) is 11.3. The van der Waals surface area contributed by atoms with Crippen molar-refractivity contribution in [3.05, 3.63) is 40.0 Å². The average Bonchev–Trinajstić information content (AvgIpc) is 3.25. The van der Waals surface area contributed by atoms with Crippen LogP contribution in [0.15, 0.2) is 34.9 Å². The molecule has 0 amide bonds. The van der Waals surface area contributed by atoms with Crippen molar-refractivity contribution in [2.24, 2.45) is 0 Å². The number of fused-ring (bicyclic) bond motifs is 1. The molecule has 7 heteroatoms. The minimum absolute atomic E-state index is 0.523. The first-order chi connectivity index (χ1) is 14.0. The lowest BCUT2D eigenvalue weighted by Crippen LogP contribution is -2.33. The van der Waals surface area contributed by atoms with Crippen LogP contribution in [0.2, 0.25) is 5.02 Å². The number of hydrogen-bond donors (Lipinski definition) is 0. The normalized spacial score (nSPS) is 19.4. The third-order valence-corrected chi connectivity index (χ3v) is 6.97. The zero-order valence-electron chi connectivity index (χ0n) is 17.0. The highest BCUT2D eigenvalue weighted by atomic mass is 79.9. The maximum Gasteiger partial charge on any atom is 0.142 e. The van der Waals surface area contributed by atoms with Gasteiger partial charge in [0.1, 0.15) is 17.2 Å². The third-order valence-electron chi connectivity index (χ3n) is 5.70. The van der Waals surface area contributed by atoms with E-state index in [9.17, 15) is 0 Å². The van der Waals surface area contributed by atoms with Crippen molar-refractivity contribution < 1.29 is 4.74 Å². The number of hydrogen-bond acceptors (Lipinski definition) is 4. The Balaban J connectivity index is 1.74. The molecule has 4 rings (SSSR count). The number of halogens is 2. The van der Waals surface area contributed by atoms with E-state index in [2.05, 4.69) is 51.4 Å². The van der Waals surface area contributed by atoms with Crippen molar-refractivity contribution in [1.82, 2.24) is 14.5 Å². The highest BCUT2D eigenvalue weighted by Gasteiger charge is 2.28. The van der Waals surface area contributed by atoms with Gasteiger partial charge < -0.3 is 14.2 Å². The molecule has 2 aromatic heterocycles. The molecule has 0 radical (unpaired) electrons. The summed E-state index contributed by atoms with van der Waals surface area (Å²) in [6.07, 6.45) is 4.35. The second kappa shape index (κ2) is 8.62. The van der Waals surface area contributed by atoms with Crippen molar-refractivity contribution >= 4 is 44.4 Å². The van der Waals surface area contributed by atoms with E-state index in [0.29, 0.717) is 36.9 Å². The lowest BCUT2D eigenvalue weighted by Gasteiger charge is -2.27. The molecule has 3 aromatic rings. The number of benzene rings is 1. The minimum Gasteiger partial charge on any atom is -0.380 e. The Labute approximate surface area is 185 Å². The van der Waals surface area contributed by atoms with Crippen molar-refractivity contribution in [2.45, 2.75) is 52.2 Å². The van der Waals surface area contributed by atoms with Crippen molar-refractivity contribution in [2.75, 3.05) is 18.1 Å². The Hall–Kier alpha value is -1.63. The van der Waals surface area contributed by atoms with Crippen LogP contribution in [-0.4, -0.2) is 39.8 Å². The van der Waals surface area contributed by atoms with Gasteiger partial charge in [0, 0.05) is 41.5 Å². The van der Waals surface area contributed by atoms with E-state index in [0.717, 1.165) is 32.7 Å². The molecule has 0 N–H and O–H groups in total. The van der Waals surface area contributed by atoms with E-state index < -0.39 is 0 Å². The smallest absolute Gasteiger partial charge is 0.142 e. The van der Waals surface area contributed by atoms with E-state index in [1.54, 1.807) is 0 Å². The fourth-order valence-corrected chi connectivity index (χ4v) is 4.72. The Kier molecular flexibility index (Phi) is 6.13. The summed E-state index contributed by atoms with van der Waals surface area (Å²) < 4.78 is 8.61. The zero-order chi connectivity index (χ0) is 20.5. The largest absolute Gasteiger partial charge is 0.380 e. The van der Waals surface area contributed by atoms with Crippen molar-refractivity contribution in [3.63, 3.8) is 0 Å². The SMILES string of the molecule is CCOCCn1c(-c2ccc(N3[C@@H](C)CC[C@@H]3C)nc2)nc2c(Cl)c(Br)ccc21. The first kappa shape index (κ1) is 20.6. The van der Waals surface area contributed by atoms with Crippen molar-refractivity contribution in [1.29, 1.82) is 0 Å². The molecule has 29 heavy (non-hydrogen) atoms. The highest BCUT2D eigenvalue weighted by Crippen LogP contribution is 2.35. The van der Waals surface area contributed by atoms with E-state index in [1.165, 1.54) is 12.8 Å². The van der Waals surface area contributed by atoms with Crippen molar-refractivity contribution in [3.8, 4) is 11.4 Å². The Bertz CT molecular complexity index is 994. The monoisotopic (exact) mass is 476 g/mol. The summed E-state index contributed by atoms with van der Waals surface area (Å²) >= 11 is 10.0. The van der Waals surface area contributed by atoms with Crippen LogP contribution in [-0.2, 0) is 11.3 Å². The predicted octanol–water partition coefficient (Wildman–Crippen LogP) is 5.93. The molecular weight excluding hydrogens is 452 g/mol. The highest BCUT2D eigenvalue weighted by molar-refractivity contribution is 9.10. The maximum absolute atomic E-state index is 6.53. The van der Waals surface area contributed by atoms with Crippen LogP contribution in [0.1, 0.15) is 33.6 Å². The van der Waals surface area contributed by atoms with Crippen LogP contribution >= 0.6 is 27.5 Å². The molecule has 5 nitrogen and oxygen atoms in total. The van der Waals surface area contributed by atoms with Gasteiger partial charge in [0.25, 0.3) is 0 Å². The molecule has 1 aliphatic rings. The van der Waals surface area contributed by atoms with Crippen LogP contribution in [0.3, 0.4) is 0 Å². The molecule has 0 saturated carbocycles. The van der Waals surface area contributed by atoms with Gasteiger partial charge in [-0.05, 0) is 73.8 Å². The topological polar surface area (TPSA) is 43.2 Å². The molecular formula is C22H26BrClN4O. The molecule has 1 aliphatic heterocycles. The summed E-state index contributed by atoms with van der Waals surface area (Å²) in [6.45, 7) is 8.56. The van der Waals surface area contributed by atoms with Gasteiger partial charge in [-0.15, -0.1) is 0 Å². The number of imidazole rings is 1. The quantitative estimate of drug-likeness (QED) is 0.413. The standard InChI is InChI=1S/C22H26BrClN4O/c1-4-29-12-11-27-18-9-8-17(23)20(24)21(18)26-22(27)16-7-10-19(25-13-16)28-14(2)5-6-15(28)3/h7-10,13-15H,4-6,11-12H2,1-3H3/t14-,15-/m0/s1. The molecule has 1 aromatic carbocycles. The number of aromatic nitrogens is 3. The van der Waals surface area contributed by atoms with Gasteiger partial charge in [-0.2, -0.15) is 0 Å². The average molecular weight is 478 g/mol. The second-order valence-electron chi connectivity index (χ2n) is 7.60. The Morgan fingerprint density at radius 3 is 2.59 bits per heavy atom. The van der Waals surface area contributed by atoms with Gasteiger partial charge in [0.2, 0.25) is 0 Å². The Morgan fingerprint density at radius 2 is 1.93 bits per heavy atom. The van der Waals surface area contributed by atoms with E-state index in [-0.39, 0.29) is 0 Å². The van der Waals surface area contributed by atoms with Gasteiger partial charge >= 0.3 is 0 Å². The predicted molar refractivity (Wildman–Crippen MR) is 123 cm³/mol. The number of pyridine rings is 1. The molecule has 3 heterocycles. The Morgan fingerprint density at radius 1 is 1.17 bits per heavy atom. The summed E-state index contributed by atoms with van der Waals surface area (Å²) in [5, 5.41) is 0.628. The number of rotatable bonds is 6. The fraction of sp³-hybridized carbons (Fsp3) is 0.455. The van der Waals surface area contributed by atoms with Crippen LogP contribution in [0.4, 0.5) is 5.82 Å². The zero-order valence-corrected chi connectivity index (χ0v) is 19.4. The van der Waals surface area contributed by atoms with Gasteiger partial charge in [-0.1, -0.05) is 11.6 Å². The molecule has 1 fully saturated rings. The van der Waals surface area contributed by atoms with Gasteiger partial charge in [-0.25, -0.2) is 9.97 Å². The third kappa shape index (κ3) is 3.90. The second-order valence-corrected chi connectivity index (χ2v) is 8.83.